The van der Waals surface area contributed by atoms with Crippen molar-refractivity contribution >= 4 is 11.5 Å². The van der Waals surface area contributed by atoms with Crippen LogP contribution in [-0.4, -0.2) is 16.3 Å². The summed E-state index contributed by atoms with van der Waals surface area (Å²) in [4.78, 5) is 22.1. The van der Waals surface area contributed by atoms with Crippen LogP contribution in [0.25, 0.3) is 0 Å². The maximum atomic E-state index is 12.0. The number of ketones is 1. The van der Waals surface area contributed by atoms with Crippen LogP contribution in [0.2, 0.25) is 0 Å². The van der Waals surface area contributed by atoms with Gasteiger partial charge < -0.3 is 4.74 Å². The Morgan fingerprint density at radius 3 is 2.71 bits per heavy atom. The Bertz CT molecular complexity index is 519. The van der Waals surface area contributed by atoms with Gasteiger partial charge in [0.15, 0.2) is 5.78 Å². The topological polar surface area (TPSA) is 69.4 Å². The molecule has 1 heterocycles. The first-order chi connectivity index (χ1) is 8.10. The number of non-ortho nitro benzene ring substituents is 1. The van der Waals surface area contributed by atoms with Crippen molar-refractivity contribution in [3.63, 3.8) is 0 Å². The Morgan fingerprint density at radius 2 is 2.12 bits per heavy atom. The molecule has 1 aliphatic carbocycles. The highest BCUT2D eigenvalue weighted by atomic mass is 16.6. The van der Waals surface area contributed by atoms with E-state index in [1.807, 2.05) is 0 Å². The molecule has 0 amide bonds. The molecule has 0 bridgehead atoms. The zero-order chi connectivity index (χ0) is 12.0. The van der Waals surface area contributed by atoms with E-state index in [0.717, 1.165) is 19.3 Å². The lowest BCUT2D eigenvalue weighted by Crippen LogP contribution is -2.47. The van der Waals surface area contributed by atoms with Gasteiger partial charge in [0.1, 0.15) is 11.4 Å². The van der Waals surface area contributed by atoms with E-state index in [1.165, 1.54) is 18.2 Å². The van der Waals surface area contributed by atoms with Crippen molar-refractivity contribution in [2.24, 2.45) is 0 Å². The molecule has 0 aromatic heterocycles. The molecule has 0 radical (unpaired) electrons. The summed E-state index contributed by atoms with van der Waals surface area (Å²) >= 11 is 0. The lowest BCUT2D eigenvalue weighted by Gasteiger charge is -2.44. The number of nitrogens with zero attached hydrogens (tertiary/aromatic N) is 1. The van der Waals surface area contributed by atoms with Crippen molar-refractivity contribution in [1.29, 1.82) is 0 Å². The van der Waals surface area contributed by atoms with Crippen LogP contribution in [-0.2, 0) is 0 Å². The van der Waals surface area contributed by atoms with Crippen LogP contribution in [0.15, 0.2) is 18.2 Å². The largest absolute Gasteiger partial charge is 0.486 e. The highest BCUT2D eigenvalue weighted by molar-refractivity contribution is 6.01. The van der Waals surface area contributed by atoms with Gasteiger partial charge in [0, 0.05) is 12.1 Å². The van der Waals surface area contributed by atoms with Gasteiger partial charge in [0.25, 0.3) is 5.69 Å². The molecule has 17 heavy (non-hydrogen) atoms. The molecule has 0 unspecified atom stereocenters. The fraction of sp³-hybridized carbons (Fsp3) is 0.417. The van der Waals surface area contributed by atoms with E-state index >= 15 is 0 Å². The molecule has 1 aliphatic heterocycles. The third kappa shape index (κ3) is 1.50. The summed E-state index contributed by atoms with van der Waals surface area (Å²) in [5.41, 5.74) is -0.0396. The second kappa shape index (κ2) is 3.29. The number of carbonyl (C=O) groups is 1. The third-order valence-corrected chi connectivity index (χ3v) is 3.55. The number of carbonyl (C=O) groups excluding carboxylic acids is 1. The normalized spacial score (nSPS) is 20.4. The van der Waals surface area contributed by atoms with Gasteiger partial charge in [-0.2, -0.15) is 0 Å². The second-order valence-electron chi connectivity index (χ2n) is 4.68. The number of hydrogen-bond donors (Lipinski definition) is 0. The average Bonchev–Trinajstić information content (AvgIpc) is 2.26. The first kappa shape index (κ1) is 10.3. The van der Waals surface area contributed by atoms with E-state index in [-0.39, 0.29) is 17.1 Å². The molecule has 0 saturated heterocycles. The van der Waals surface area contributed by atoms with Gasteiger partial charge in [-0.3, -0.25) is 14.9 Å². The molecular weight excluding hydrogens is 222 g/mol. The van der Waals surface area contributed by atoms with Gasteiger partial charge in [-0.25, -0.2) is 0 Å². The predicted octanol–water partition coefficient (Wildman–Crippen LogP) is 2.48. The molecule has 3 rings (SSSR count). The number of benzene rings is 1. The minimum absolute atomic E-state index is 0.0466. The summed E-state index contributed by atoms with van der Waals surface area (Å²) < 4.78 is 5.82. The van der Waals surface area contributed by atoms with E-state index in [4.69, 9.17) is 4.74 Å². The third-order valence-electron chi connectivity index (χ3n) is 3.55. The summed E-state index contributed by atoms with van der Waals surface area (Å²) in [5, 5.41) is 10.6. The van der Waals surface area contributed by atoms with Crippen molar-refractivity contribution in [3.05, 3.63) is 33.9 Å². The molecule has 1 fully saturated rings. The minimum Gasteiger partial charge on any atom is -0.486 e. The number of ether oxygens (including phenoxy) is 1. The quantitative estimate of drug-likeness (QED) is 0.552. The number of nitro benzene ring substituents is 1. The molecule has 1 aromatic carbocycles. The van der Waals surface area contributed by atoms with Gasteiger partial charge in [0.2, 0.25) is 0 Å². The number of rotatable bonds is 1. The number of hydrogen-bond acceptors (Lipinski definition) is 4. The smallest absolute Gasteiger partial charge is 0.270 e. The van der Waals surface area contributed by atoms with E-state index in [1.54, 1.807) is 0 Å². The first-order valence-corrected chi connectivity index (χ1v) is 5.60. The summed E-state index contributed by atoms with van der Waals surface area (Å²) in [6.45, 7) is 0. The van der Waals surface area contributed by atoms with Crippen molar-refractivity contribution in [3.8, 4) is 5.75 Å². The Morgan fingerprint density at radius 1 is 1.35 bits per heavy atom. The zero-order valence-electron chi connectivity index (χ0n) is 9.14. The molecule has 88 valence electrons. The van der Waals surface area contributed by atoms with Crippen LogP contribution in [0.1, 0.15) is 36.0 Å². The van der Waals surface area contributed by atoms with Crippen LogP contribution < -0.4 is 4.74 Å². The molecule has 1 spiro atoms. The van der Waals surface area contributed by atoms with Crippen molar-refractivity contribution in [2.75, 3.05) is 0 Å². The zero-order valence-corrected chi connectivity index (χ0v) is 9.14. The maximum Gasteiger partial charge on any atom is 0.270 e. The molecule has 0 N–H and O–H groups in total. The molecule has 0 atom stereocenters. The van der Waals surface area contributed by atoms with Gasteiger partial charge >= 0.3 is 0 Å². The van der Waals surface area contributed by atoms with Gasteiger partial charge in [-0.05, 0) is 25.3 Å². The lowest BCUT2D eigenvalue weighted by molar-refractivity contribution is -0.384. The molecule has 5 nitrogen and oxygen atoms in total. The Labute approximate surface area is 97.5 Å². The fourth-order valence-corrected chi connectivity index (χ4v) is 2.45. The number of Topliss-reactive ketones (excluding diaryl/α,β-unsaturated/α-hetero) is 1. The van der Waals surface area contributed by atoms with Crippen LogP contribution in [0.4, 0.5) is 5.69 Å². The monoisotopic (exact) mass is 233 g/mol. The van der Waals surface area contributed by atoms with E-state index in [2.05, 4.69) is 0 Å². The van der Waals surface area contributed by atoms with E-state index in [9.17, 15) is 14.9 Å². The Kier molecular flexibility index (Phi) is 1.98. The minimum atomic E-state index is -0.499. The average molecular weight is 233 g/mol. The van der Waals surface area contributed by atoms with Crippen molar-refractivity contribution in [2.45, 2.75) is 31.3 Å². The SMILES string of the molecule is O=C1CC2(CCC2)Oc2ccc([N+](=O)[O-])cc21. The van der Waals surface area contributed by atoms with Gasteiger partial charge in [-0.15, -0.1) is 0 Å². The molecule has 1 saturated carbocycles. The van der Waals surface area contributed by atoms with E-state index < -0.39 is 4.92 Å². The molecule has 2 aliphatic rings. The summed E-state index contributed by atoms with van der Waals surface area (Å²) in [6, 6.07) is 4.22. The van der Waals surface area contributed by atoms with E-state index in [0.29, 0.717) is 17.7 Å². The summed E-state index contributed by atoms with van der Waals surface area (Å²) in [7, 11) is 0. The second-order valence-corrected chi connectivity index (χ2v) is 4.68. The Hall–Kier alpha value is -1.91. The molecule has 1 aromatic rings. The summed E-state index contributed by atoms with van der Waals surface area (Å²) in [6.07, 6.45) is 3.22. The van der Waals surface area contributed by atoms with Crippen molar-refractivity contribution < 1.29 is 14.5 Å². The van der Waals surface area contributed by atoms with Gasteiger partial charge in [0.05, 0.1) is 16.9 Å². The highest BCUT2D eigenvalue weighted by Crippen LogP contribution is 2.45. The molecule has 5 heteroatoms. The van der Waals surface area contributed by atoms with Crippen LogP contribution in [0.3, 0.4) is 0 Å². The standard InChI is InChI=1S/C12H11NO4/c14-10-7-12(4-1-5-12)17-11-3-2-8(13(15)16)6-9(10)11/h2-3,6H,1,4-5,7H2. The first-order valence-electron chi connectivity index (χ1n) is 5.60. The fourth-order valence-electron chi connectivity index (χ4n) is 2.45. The predicted molar refractivity (Wildman–Crippen MR) is 59.3 cm³/mol. The Balaban J connectivity index is 2.02. The van der Waals surface area contributed by atoms with Crippen LogP contribution in [0.5, 0.6) is 5.75 Å². The van der Waals surface area contributed by atoms with Gasteiger partial charge in [-0.1, -0.05) is 0 Å². The van der Waals surface area contributed by atoms with Crippen LogP contribution >= 0.6 is 0 Å². The number of fused-ring (bicyclic) bond motifs is 1. The molecular formula is C12H11NO4. The van der Waals surface area contributed by atoms with Crippen LogP contribution in [0, 0.1) is 10.1 Å². The highest BCUT2D eigenvalue weighted by Gasteiger charge is 2.45. The van der Waals surface area contributed by atoms with Crippen molar-refractivity contribution in [1.82, 2.24) is 0 Å². The lowest BCUT2D eigenvalue weighted by atomic mass is 9.74. The number of nitro groups is 1. The summed E-state index contributed by atoms with van der Waals surface area (Å²) in [5.74, 6) is 0.446. The maximum absolute atomic E-state index is 12.0.